The first-order chi connectivity index (χ1) is 9.08. The van der Waals surface area contributed by atoms with Gasteiger partial charge in [0.2, 0.25) is 0 Å². The first-order valence-corrected chi connectivity index (χ1v) is 6.74. The number of likely N-dealkylation sites (tertiary alicyclic amines) is 1. The summed E-state index contributed by atoms with van der Waals surface area (Å²) in [6.07, 6.45) is 0.833. The van der Waals surface area contributed by atoms with Gasteiger partial charge in [-0.05, 0) is 25.8 Å². The number of carbonyl (C=O) groups is 1. The number of carbonyl (C=O) groups excluding carboxylic acids is 1. The fourth-order valence-corrected chi connectivity index (χ4v) is 2.81. The maximum Gasteiger partial charge on any atom is 0.410 e. The number of amides is 1. The Morgan fingerprint density at radius 3 is 2.95 bits per heavy atom. The van der Waals surface area contributed by atoms with Crippen LogP contribution in [0.5, 0.6) is 0 Å². The lowest BCUT2D eigenvalue weighted by atomic mass is 9.93. The minimum Gasteiger partial charge on any atom is -0.445 e. The molecule has 19 heavy (non-hydrogen) atoms. The molecule has 2 fully saturated rings. The van der Waals surface area contributed by atoms with Crippen LogP contribution in [0.3, 0.4) is 0 Å². The van der Waals surface area contributed by atoms with Crippen LogP contribution >= 0.6 is 0 Å². The molecule has 0 aromatic heterocycles. The molecule has 1 aromatic carbocycles. The summed E-state index contributed by atoms with van der Waals surface area (Å²) in [5.74, 6) is 0. The third-order valence-electron chi connectivity index (χ3n) is 4.07. The summed E-state index contributed by atoms with van der Waals surface area (Å²) in [4.78, 5) is 13.9. The number of benzene rings is 1. The molecule has 2 saturated heterocycles. The molecule has 0 saturated carbocycles. The molecule has 0 bridgehead atoms. The molecule has 2 heterocycles. The van der Waals surface area contributed by atoms with E-state index >= 15 is 0 Å². The molecule has 3 atom stereocenters. The lowest BCUT2D eigenvalue weighted by Crippen LogP contribution is -2.47. The Balaban J connectivity index is 1.56. The number of hydrogen-bond acceptors (Lipinski definition) is 3. The van der Waals surface area contributed by atoms with Gasteiger partial charge in [0.1, 0.15) is 12.7 Å². The van der Waals surface area contributed by atoms with Crippen molar-refractivity contribution >= 4 is 6.09 Å². The molecule has 4 nitrogen and oxygen atoms in total. The molecule has 0 unspecified atom stereocenters. The van der Waals surface area contributed by atoms with Gasteiger partial charge in [-0.15, -0.1) is 0 Å². The smallest absolute Gasteiger partial charge is 0.410 e. The average molecular weight is 261 g/mol. The molecule has 1 amide bonds. The quantitative estimate of drug-likeness (QED) is 0.768. The number of ether oxygens (including phenoxy) is 2. The second-order valence-corrected chi connectivity index (χ2v) is 5.66. The van der Waals surface area contributed by atoms with Crippen molar-refractivity contribution in [2.24, 2.45) is 0 Å². The van der Waals surface area contributed by atoms with Crippen LogP contribution in [0, 0.1) is 0 Å². The predicted octanol–water partition coefficient (Wildman–Crippen LogP) is 2.57. The van der Waals surface area contributed by atoms with Crippen molar-refractivity contribution in [3.8, 4) is 0 Å². The molecule has 1 aromatic rings. The fourth-order valence-electron chi connectivity index (χ4n) is 2.81. The van der Waals surface area contributed by atoms with Crippen molar-refractivity contribution in [2.45, 2.75) is 44.6 Å². The molecule has 2 aliphatic rings. The molecule has 4 heteroatoms. The van der Waals surface area contributed by atoms with Crippen molar-refractivity contribution in [2.75, 3.05) is 6.54 Å². The van der Waals surface area contributed by atoms with E-state index in [4.69, 9.17) is 9.47 Å². The Kier molecular flexibility index (Phi) is 2.97. The van der Waals surface area contributed by atoms with Crippen LogP contribution in [-0.2, 0) is 16.1 Å². The fraction of sp³-hybridized carbons (Fsp3) is 0.533. The van der Waals surface area contributed by atoms with Gasteiger partial charge in [0.25, 0.3) is 0 Å². The van der Waals surface area contributed by atoms with E-state index in [-0.39, 0.29) is 23.8 Å². The molecule has 2 aliphatic heterocycles. The Bertz CT molecular complexity index is 476. The Hall–Kier alpha value is -1.55. The van der Waals surface area contributed by atoms with Crippen molar-refractivity contribution in [1.29, 1.82) is 0 Å². The zero-order valence-electron chi connectivity index (χ0n) is 11.3. The van der Waals surface area contributed by atoms with E-state index in [1.165, 1.54) is 0 Å². The van der Waals surface area contributed by atoms with E-state index in [9.17, 15) is 4.79 Å². The Morgan fingerprint density at radius 1 is 1.47 bits per heavy atom. The second kappa shape index (κ2) is 4.53. The molecule has 0 spiro atoms. The number of epoxide rings is 1. The van der Waals surface area contributed by atoms with Gasteiger partial charge in [-0.25, -0.2) is 4.79 Å². The third-order valence-corrected chi connectivity index (χ3v) is 4.07. The summed E-state index contributed by atoms with van der Waals surface area (Å²) in [6.45, 7) is 5.13. The highest BCUT2D eigenvalue weighted by atomic mass is 16.6. The van der Waals surface area contributed by atoms with E-state index in [1.807, 2.05) is 37.3 Å². The van der Waals surface area contributed by atoms with Crippen molar-refractivity contribution in [3.05, 3.63) is 35.9 Å². The highest BCUT2D eigenvalue weighted by molar-refractivity contribution is 5.68. The van der Waals surface area contributed by atoms with E-state index < -0.39 is 0 Å². The topological polar surface area (TPSA) is 42.1 Å². The molecule has 102 valence electrons. The van der Waals surface area contributed by atoms with Gasteiger partial charge < -0.3 is 14.4 Å². The lowest BCUT2D eigenvalue weighted by Gasteiger charge is -2.32. The molecule has 0 aliphatic carbocycles. The van der Waals surface area contributed by atoms with Gasteiger partial charge in [-0.3, -0.25) is 0 Å². The van der Waals surface area contributed by atoms with E-state index in [1.54, 1.807) is 4.90 Å². The lowest BCUT2D eigenvalue weighted by molar-refractivity contribution is 0.0731. The molecule has 0 radical (unpaired) electrons. The van der Waals surface area contributed by atoms with Crippen molar-refractivity contribution in [3.63, 3.8) is 0 Å². The number of fused-ring (bicyclic) bond motifs is 1. The average Bonchev–Trinajstić information content (AvgIpc) is 3.06. The summed E-state index contributed by atoms with van der Waals surface area (Å²) in [7, 11) is 0. The minimum atomic E-state index is -0.242. The number of rotatable bonds is 2. The zero-order valence-corrected chi connectivity index (χ0v) is 11.3. The van der Waals surface area contributed by atoms with Gasteiger partial charge in [0.15, 0.2) is 0 Å². The van der Waals surface area contributed by atoms with Crippen LogP contribution in [0.25, 0.3) is 0 Å². The van der Waals surface area contributed by atoms with E-state index in [0.29, 0.717) is 13.2 Å². The highest BCUT2D eigenvalue weighted by Crippen LogP contribution is 2.45. The minimum absolute atomic E-state index is 0.00434. The molecule has 0 N–H and O–H groups in total. The summed E-state index contributed by atoms with van der Waals surface area (Å²) in [6, 6.07) is 9.91. The summed E-state index contributed by atoms with van der Waals surface area (Å²) in [5, 5.41) is 0. The van der Waals surface area contributed by atoms with Crippen LogP contribution < -0.4 is 0 Å². The largest absolute Gasteiger partial charge is 0.445 e. The molecule has 3 rings (SSSR count). The first-order valence-electron chi connectivity index (χ1n) is 6.74. The zero-order chi connectivity index (χ0) is 13.5. The molecular weight excluding hydrogens is 242 g/mol. The number of hydrogen-bond donors (Lipinski definition) is 0. The van der Waals surface area contributed by atoms with Gasteiger partial charge >= 0.3 is 6.09 Å². The monoisotopic (exact) mass is 261 g/mol. The maximum atomic E-state index is 12.1. The van der Waals surface area contributed by atoms with Crippen molar-refractivity contribution in [1.82, 2.24) is 4.90 Å². The van der Waals surface area contributed by atoms with E-state index in [0.717, 1.165) is 12.0 Å². The number of nitrogens with zero attached hydrogens (tertiary/aromatic N) is 1. The van der Waals surface area contributed by atoms with Crippen LogP contribution in [0.15, 0.2) is 30.3 Å². The molecular formula is C15H19NO3. The van der Waals surface area contributed by atoms with Crippen LogP contribution in [0.2, 0.25) is 0 Å². The van der Waals surface area contributed by atoms with Gasteiger partial charge in [-0.1, -0.05) is 30.3 Å². The summed E-state index contributed by atoms with van der Waals surface area (Å²) >= 11 is 0. The van der Waals surface area contributed by atoms with Crippen LogP contribution in [0.4, 0.5) is 4.79 Å². The Morgan fingerprint density at radius 2 is 2.21 bits per heavy atom. The van der Waals surface area contributed by atoms with Crippen LogP contribution in [-0.4, -0.2) is 35.3 Å². The predicted molar refractivity (Wildman–Crippen MR) is 70.7 cm³/mol. The summed E-state index contributed by atoms with van der Waals surface area (Å²) < 4.78 is 11.0. The first kappa shape index (κ1) is 12.5. The number of piperidine rings is 1. The Labute approximate surface area is 113 Å². The SMILES string of the molecule is C[C@@H]1C[C@@]2(C)O[C@@H]2CN1C(=O)OCc1ccccc1. The third kappa shape index (κ3) is 2.45. The highest BCUT2D eigenvalue weighted by Gasteiger charge is 2.58. The maximum absolute atomic E-state index is 12.1. The van der Waals surface area contributed by atoms with Crippen molar-refractivity contribution < 1.29 is 14.3 Å². The van der Waals surface area contributed by atoms with Gasteiger partial charge in [0, 0.05) is 6.04 Å². The van der Waals surface area contributed by atoms with Gasteiger partial charge in [0.05, 0.1) is 12.1 Å². The second-order valence-electron chi connectivity index (χ2n) is 5.66. The van der Waals surface area contributed by atoms with E-state index in [2.05, 4.69) is 6.92 Å². The van der Waals surface area contributed by atoms with Gasteiger partial charge in [-0.2, -0.15) is 0 Å². The summed E-state index contributed by atoms with van der Waals surface area (Å²) in [5.41, 5.74) is 1.00. The normalized spacial score (nSPS) is 32.6. The standard InChI is InChI=1S/C15H19NO3/c1-11-8-15(2)13(19-15)9-16(11)14(17)18-10-12-6-4-3-5-7-12/h3-7,11,13H,8-10H2,1-2H3/t11-,13-,15-/m1/s1. The van der Waals surface area contributed by atoms with Crippen LogP contribution in [0.1, 0.15) is 25.8 Å².